The lowest BCUT2D eigenvalue weighted by molar-refractivity contribution is 0.0924. The van der Waals surface area contributed by atoms with E-state index >= 15 is 0 Å². The van der Waals surface area contributed by atoms with Gasteiger partial charge in [0.25, 0.3) is 0 Å². The summed E-state index contributed by atoms with van der Waals surface area (Å²) in [6, 6.07) is 0. The first-order valence-corrected chi connectivity index (χ1v) is 14.7. The van der Waals surface area contributed by atoms with Crippen LogP contribution in [0.25, 0.3) is 0 Å². The Morgan fingerprint density at radius 2 is 0.933 bits per heavy atom. The van der Waals surface area contributed by atoms with Gasteiger partial charge in [-0.2, -0.15) is 0 Å². The van der Waals surface area contributed by atoms with Crippen molar-refractivity contribution in [3.05, 3.63) is 0 Å². The Morgan fingerprint density at radius 3 is 1.47 bits per heavy atom. The molecule has 0 nitrogen and oxygen atoms in total. The first-order chi connectivity index (χ1) is 14.7. The highest BCUT2D eigenvalue weighted by atomic mass is 14.4. The van der Waals surface area contributed by atoms with Crippen molar-refractivity contribution in [2.24, 2.45) is 41.4 Å². The van der Waals surface area contributed by atoms with Gasteiger partial charge in [0.15, 0.2) is 0 Å². The Balaban J connectivity index is 1.31. The van der Waals surface area contributed by atoms with Crippen LogP contribution in [-0.4, -0.2) is 0 Å². The second-order valence-electron chi connectivity index (χ2n) is 12.1. The zero-order chi connectivity index (χ0) is 21.2. The van der Waals surface area contributed by atoms with Crippen LogP contribution in [0.1, 0.15) is 149 Å². The third-order valence-corrected chi connectivity index (χ3v) is 10.2. The molecule has 3 fully saturated rings. The second-order valence-corrected chi connectivity index (χ2v) is 12.1. The van der Waals surface area contributed by atoms with Crippen molar-refractivity contribution in [1.82, 2.24) is 0 Å². The zero-order valence-electron chi connectivity index (χ0n) is 21.2. The highest BCUT2D eigenvalue weighted by Gasteiger charge is 2.35. The Labute approximate surface area is 190 Å². The Morgan fingerprint density at radius 1 is 0.500 bits per heavy atom. The van der Waals surface area contributed by atoms with Gasteiger partial charge in [-0.3, -0.25) is 0 Å². The van der Waals surface area contributed by atoms with E-state index in [0.29, 0.717) is 0 Å². The van der Waals surface area contributed by atoms with E-state index in [4.69, 9.17) is 0 Å². The molecule has 0 heterocycles. The summed E-state index contributed by atoms with van der Waals surface area (Å²) in [6.07, 6.45) is 30.5. The van der Waals surface area contributed by atoms with Gasteiger partial charge in [0.05, 0.1) is 0 Å². The maximum absolute atomic E-state index is 2.65. The van der Waals surface area contributed by atoms with Crippen LogP contribution < -0.4 is 0 Å². The quantitative estimate of drug-likeness (QED) is 0.294. The molecule has 0 saturated heterocycles. The van der Waals surface area contributed by atoms with Gasteiger partial charge in [0, 0.05) is 0 Å². The van der Waals surface area contributed by atoms with Crippen molar-refractivity contribution >= 4 is 0 Å². The predicted octanol–water partition coefficient (Wildman–Crippen LogP) is 10.2. The van der Waals surface area contributed by atoms with E-state index in [1.54, 1.807) is 77.0 Å². The van der Waals surface area contributed by atoms with Crippen LogP contribution in [0.2, 0.25) is 0 Å². The first-order valence-electron chi connectivity index (χ1n) is 14.7. The van der Waals surface area contributed by atoms with Gasteiger partial charge in [-0.1, -0.05) is 97.8 Å². The third kappa shape index (κ3) is 7.55. The molecule has 0 spiro atoms. The molecule has 0 aromatic heterocycles. The van der Waals surface area contributed by atoms with Crippen LogP contribution in [0.3, 0.4) is 0 Å². The summed E-state index contributed by atoms with van der Waals surface area (Å²) in [5, 5.41) is 0. The molecular weight excluding hydrogens is 360 g/mol. The molecule has 0 aliphatic heterocycles. The maximum atomic E-state index is 2.65. The Bertz CT molecular complexity index is 415. The minimum atomic E-state index is 1.01. The van der Waals surface area contributed by atoms with Crippen LogP contribution >= 0.6 is 0 Å². The number of hydrogen-bond donors (Lipinski definition) is 0. The highest BCUT2D eigenvalue weighted by Crippen LogP contribution is 2.46. The van der Waals surface area contributed by atoms with Crippen LogP contribution in [-0.2, 0) is 0 Å². The van der Waals surface area contributed by atoms with Crippen LogP contribution in [0.15, 0.2) is 0 Å². The highest BCUT2D eigenvalue weighted by molar-refractivity contribution is 4.86. The van der Waals surface area contributed by atoms with Crippen molar-refractivity contribution in [3.63, 3.8) is 0 Å². The summed E-state index contributed by atoms with van der Waals surface area (Å²) in [5.74, 6) is 7.49. The number of unbranched alkanes of at least 4 members (excludes halogenated alkanes) is 4. The van der Waals surface area contributed by atoms with E-state index in [9.17, 15) is 0 Å². The van der Waals surface area contributed by atoms with Crippen molar-refractivity contribution in [2.45, 2.75) is 149 Å². The molecule has 1 unspecified atom stereocenters. The minimum absolute atomic E-state index is 1.01. The van der Waals surface area contributed by atoms with Gasteiger partial charge < -0.3 is 0 Å². The van der Waals surface area contributed by atoms with Crippen molar-refractivity contribution < 1.29 is 0 Å². The van der Waals surface area contributed by atoms with E-state index in [1.807, 2.05) is 0 Å². The van der Waals surface area contributed by atoms with E-state index < -0.39 is 0 Å². The topological polar surface area (TPSA) is 0 Å². The summed E-state index contributed by atoms with van der Waals surface area (Å²) in [7, 11) is 0. The average molecular weight is 417 g/mol. The normalized spacial score (nSPS) is 36.5. The lowest BCUT2D eigenvalue weighted by Crippen LogP contribution is -2.31. The van der Waals surface area contributed by atoms with Gasteiger partial charge in [-0.25, -0.2) is 0 Å². The minimum Gasteiger partial charge on any atom is -0.0654 e. The standard InChI is InChI=1S/C30H56/c1-4-6-8-9-11-26-12-16-27(17-13-26)24(3)28-20-22-30(23-21-28)29-18-14-25(15-19-29)10-7-5-2/h24-30H,4-23H2,1-3H3. The molecule has 176 valence electrons. The van der Waals surface area contributed by atoms with Crippen molar-refractivity contribution in [1.29, 1.82) is 0 Å². The second kappa shape index (κ2) is 13.5. The van der Waals surface area contributed by atoms with Gasteiger partial charge in [-0.05, 0) is 92.8 Å². The molecule has 3 aliphatic carbocycles. The summed E-state index contributed by atoms with van der Waals surface area (Å²) in [5.41, 5.74) is 0. The summed E-state index contributed by atoms with van der Waals surface area (Å²) >= 11 is 0. The molecule has 0 aromatic carbocycles. The fourth-order valence-electron chi connectivity index (χ4n) is 7.83. The zero-order valence-corrected chi connectivity index (χ0v) is 21.2. The van der Waals surface area contributed by atoms with E-state index in [1.165, 1.54) is 51.4 Å². The fraction of sp³-hybridized carbons (Fsp3) is 1.00. The number of hydrogen-bond acceptors (Lipinski definition) is 0. The van der Waals surface area contributed by atoms with E-state index in [0.717, 1.165) is 41.4 Å². The number of rotatable bonds is 11. The molecule has 0 bridgehead atoms. The third-order valence-electron chi connectivity index (χ3n) is 10.2. The van der Waals surface area contributed by atoms with E-state index in [2.05, 4.69) is 20.8 Å². The summed E-state index contributed by atoms with van der Waals surface area (Å²) < 4.78 is 0. The summed E-state index contributed by atoms with van der Waals surface area (Å²) in [4.78, 5) is 0. The molecule has 1 atom stereocenters. The molecule has 3 rings (SSSR count). The van der Waals surface area contributed by atoms with Crippen molar-refractivity contribution in [3.8, 4) is 0 Å². The molecule has 0 radical (unpaired) electrons. The van der Waals surface area contributed by atoms with Crippen LogP contribution in [0.5, 0.6) is 0 Å². The molecule has 0 aromatic rings. The van der Waals surface area contributed by atoms with Crippen LogP contribution in [0.4, 0.5) is 0 Å². The Hall–Kier alpha value is 0. The molecule has 0 amide bonds. The fourth-order valence-corrected chi connectivity index (χ4v) is 7.83. The molecule has 3 aliphatic rings. The molecule has 0 N–H and O–H groups in total. The molecule has 30 heavy (non-hydrogen) atoms. The lowest BCUT2D eigenvalue weighted by Gasteiger charge is -2.42. The maximum Gasteiger partial charge on any atom is -0.0386 e. The van der Waals surface area contributed by atoms with E-state index in [-0.39, 0.29) is 0 Å². The largest absolute Gasteiger partial charge is 0.0654 e. The van der Waals surface area contributed by atoms with Gasteiger partial charge in [0.1, 0.15) is 0 Å². The SMILES string of the molecule is CCCCCCC1CCC(C(C)C2CCC(C3CCC(CCCC)CC3)CC2)CC1. The smallest absolute Gasteiger partial charge is 0.0386 e. The lowest BCUT2D eigenvalue weighted by atomic mass is 9.64. The van der Waals surface area contributed by atoms with Gasteiger partial charge >= 0.3 is 0 Å². The molecular formula is C30H56. The monoisotopic (exact) mass is 416 g/mol. The Kier molecular flexibility index (Phi) is 11.1. The van der Waals surface area contributed by atoms with Gasteiger partial charge in [-0.15, -0.1) is 0 Å². The van der Waals surface area contributed by atoms with Crippen LogP contribution in [0, 0.1) is 41.4 Å². The molecule has 0 heteroatoms. The average Bonchev–Trinajstić information content (AvgIpc) is 2.81. The predicted molar refractivity (Wildman–Crippen MR) is 134 cm³/mol. The summed E-state index contributed by atoms with van der Waals surface area (Å²) in [6.45, 7) is 7.33. The first kappa shape index (κ1) is 24.6. The van der Waals surface area contributed by atoms with Crippen molar-refractivity contribution in [2.75, 3.05) is 0 Å². The molecule has 3 saturated carbocycles. The van der Waals surface area contributed by atoms with Gasteiger partial charge in [0.2, 0.25) is 0 Å².